The Balaban J connectivity index is 1.76. The van der Waals surface area contributed by atoms with Crippen molar-refractivity contribution >= 4 is 65.7 Å². The standard InChI is InChI=1S/C16H15ClN4O4S2/c1-25-13-6-3-9(17)7-12(13)19-15(22)18-10-4-5-11-14(8-10)26-16(20-11)21-27(2,23)24/h3-8H,1-2H3,(H,20,21)(H2,18,19,22). The summed E-state index contributed by atoms with van der Waals surface area (Å²) in [5.41, 5.74) is 1.57. The third-order valence-electron chi connectivity index (χ3n) is 3.33. The van der Waals surface area contributed by atoms with E-state index in [0.717, 1.165) is 11.0 Å². The number of thiazole rings is 1. The van der Waals surface area contributed by atoms with E-state index in [1.54, 1.807) is 36.4 Å². The third kappa shape index (κ3) is 5.00. The van der Waals surface area contributed by atoms with Gasteiger partial charge in [0.05, 0.1) is 29.3 Å². The molecule has 0 radical (unpaired) electrons. The van der Waals surface area contributed by atoms with Crippen LogP contribution in [0.5, 0.6) is 5.75 Å². The van der Waals surface area contributed by atoms with Crippen molar-refractivity contribution in [2.24, 2.45) is 0 Å². The summed E-state index contributed by atoms with van der Waals surface area (Å²) in [6, 6.07) is 9.47. The minimum absolute atomic E-state index is 0.262. The summed E-state index contributed by atoms with van der Waals surface area (Å²) in [5, 5.41) is 6.10. The summed E-state index contributed by atoms with van der Waals surface area (Å²) >= 11 is 7.12. The maximum absolute atomic E-state index is 12.3. The zero-order valence-electron chi connectivity index (χ0n) is 14.2. The Labute approximate surface area is 164 Å². The smallest absolute Gasteiger partial charge is 0.323 e. The van der Waals surface area contributed by atoms with Crippen molar-refractivity contribution in [2.75, 3.05) is 28.7 Å². The molecular formula is C16H15ClN4O4S2. The number of rotatable bonds is 5. The largest absolute Gasteiger partial charge is 0.495 e. The van der Waals surface area contributed by atoms with Crippen LogP contribution in [0.25, 0.3) is 10.2 Å². The van der Waals surface area contributed by atoms with E-state index in [9.17, 15) is 13.2 Å². The maximum atomic E-state index is 12.3. The Morgan fingerprint density at radius 3 is 2.67 bits per heavy atom. The highest BCUT2D eigenvalue weighted by Gasteiger charge is 2.11. The van der Waals surface area contributed by atoms with Gasteiger partial charge in [0.25, 0.3) is 0 Å². The van der Waals surface area contributed by atoms with Crippen molar-refractivity contribution < 1.29 is 17.9 Å². The van der Waals surface area contributed by atoms with Crippen LogP contribution >= 0.6 is 22.9 Å². The summed E-state index contributed by atoms with van der Waals surface area (Å²) in [4.78, 5) is 16.5. The second-order valence-corrected chi connectivity index (χ2v) is 8.72. The van der Waals surface area contributed by atoms with Gasteiger partial charge in [0.1, 0.15) is 5.75 Å². The van der Waals surface area contributed by atoms with Gasteiger partial charge in [-0.15, -0.1) is 0 Å². The molecule has 2 aromatic carbocycles. The molecule has 0 saturated carbocycles. The number of halogens is 1. The lowest BCUT2D eigenvalue weighted by Gasteiger charge is -2.11. The van der Waals surface area contributed by atoms with Crippen LogP contribution in [0.2, 0.25) is 5.02 Å². The summed E-state index contributed by atoms with van der Waals surface area (Å²) in [7, 11) is -1.91. The van der Waals surface area contributed by atoms with Crippen LogP contribution in [-0.2, 0) is 10.0 Å². The number of ether oxygens (including phenoxy) is 1. The maximum Gasteiger partial charge on any atom is 0.323 e. The predicted octanol–water partition coefficient (Wildman–Crippen LogP) is 3.97. The number of nitrogens with zero attached hydrogens (tertiary/aromatic N) is 1. The van der Waals surface area contributed by atoms with Gasteiger partial charge in [0.15, 0.2) is 5.13 Å². The van der Waals surface area contributed by atoms with Gasteiger partial charge in [0, 0.05) is 10.7 Å². The Bertz CT molecular complexity index is 1110. The van der Waals surface area contributed by atoms with Crippen molar-refractivity contribution in [2.45, 2.75) is 0 Å². The molecule has 3 N–H and O–H groups in total. The molecule has 27 heavy (non-hydrogen) atoms. The van der Waals surface area contributed by atoms with E-state index < -0.39 is 16.1 Å². The molecule has 1 heterocycles. The first-order valence-corrected chi connectivity index (χ1v) is 10.6. The molecule has 0 spiro atoms. The lowest BCUT2D eigenvalue weighted by atomic mass is 10.3. The minimum atomic E-state index is -3.40. The number of urea groups is 1. The molecule has 0 aliphatic heterocycles. The SMILES string of the molecule is COc1ccc(Cl)cc1NC(=O)Nc1ccc2nc(NS(C)(=O)=O)sc2c1. The summed E-state index contributed by atoms with van der Waals surface area (Å²) < 4.78 is 30.9. The van der Waals surface area contributed by atoms with Gasteiger partial charge >= 0.3 is 6.03 Å². The lowest BCUT2D eigenvalue weighted by Crippen LogP contribution is -2.19. The number of aromatic nitrogens is 1. The number of benzene rings is 2. The van der Waals surface area contributed by atoms with Gasteiger partial charge in [-0.2, -0.15) is 0 Å². The van der Waals surface area contributed by atoms with Crippen LogP contribution < -0.4 is 20.1 Å². The summed E-state index contributed by atoms with van der Waals surface area (Å²) in [6.07, 6.45) is 1.06. The molecule has 8 nitrogen and oxygen atoms in total. The van der Waals surface area contributed by atoms with E-state index in [2.05, 4.69) is 20.3 Å². The van der Waals surface area contributed by atoms with Gasteiger partial charge in [0.2, 0.25) is 10.0 Å². The fourth-order valence-electron chi connectivity index (χ4n) is 2.27. The molecule has 0 atom stereocenters. The fraction of sp³-hybridized carbons (Fsp3) is 0.125. The van der Waals surface area contributed by atoms with Gasteiger partial charge in [-0.25, -0.2) is 18.2 Å². The third-order valence-corrected chi connectivity index (χ3v) is 5.19. The zero-order chi connectivity index (χ0) is 19.6. The molecule has 0 bridgehead atoms. The molecule has 3 aromatic rings. The van der Waals surface area contributed by atoms with Crippen LogP contribution in [0, 0.1) is 0 Å². The molecule has 1 aromatic heterocycles. The topological polar surface area (TPSA) is 109 Å². The van der Waals surface area contributed by atoms with Crippen molar-refractivity contribution in [3.63, 3.8) is 0 Å². The van der Waals surface area contributed by atoms with Crippen LogP contribution in [0.1, 0.15) is 0 Å². The molecule has 0 fully saturated rings. The number of sulfonamides is 1. The number of methoxy groups -OCH3 is 1. The average molecular weight is 427 g/mol. The van der Waals surface area contributed by atoms with Gasteiger partial charge in [-0.1, -0.05) is 22.9 Å². The van der Waals surface area contributed by atoms with Crippen LogP contribution in [-0.4, -0.2) is 32.8 Å². The van der Waals surface area contributed by atoms with Crippen molar-refractivity contribution in [3.8, 4) is 5.75 Å². The molecule has 0 aliphatic carbocycles. The number of hydrogen-bond donors (Lipinski definition) is 3. The van der Waals surface area contributed by atoms with Gasteiger partial charge in [-0.05, 0) is 36.4 Å². The predicted molar refractivity (Wildman–Crippen MR) is 109 cm³/mol. The monoisotopic (exact) mass is 426 g/mol. The first kappa shape index (κ1) is 19.2. The molecule has 2 amide bonds. The highest BCUT2D eigenvalue weighted by Crippen LogP contribution is 2.30. The fourth-order valence-corrected chi connectivity index (χ4v) is 4.18. The molecule has 0 unspecified atom stereocenters. The van der Waals surface area contributed by atoms with Crippen LogP contribution in [0.3, 0.4) is 0 Å². The molecule has 0 aliphatic rings. The van der Waals surface area contributed by atoms with E-state index >= 15 is 0 Å². The first-order valence-electron chi connectivity index (χ1n) is 7.53. The molecular weight excluding hydrogens is 412 g/mol. The van der Waals surface area contributed by atoms with E-state index in [4.69, 9.17) is 16.3 Å². The zero-order valence-corrected chi connectivity index (χ0v) is 16.6. The average Bonchev–Trinajstić information content (AvgIpc) is 2.94. The molecule has 3 rings (SSSR count). The lowest BCUT2D eigenvalue weighted by molar-refractivity contribution is 0.262. The van der Waals surface area contributed by atoms with Crippen molar-refractivity contribution in [3.05, 3.63) is 41.4 Å². The number of carbonyl (C=O) groups excluding carboxylic acids is 1. The Hall–Kier alpha value is -2.56. The van der Waals surface area contributed by atoms with Crippen molar-refractivity contribution in [1.29, 1.82) is 0 Å². The van der Waals surface area contributed by atoms with Crippen LogP contribution in [0.4, 0.5) is 21.3 Å². The normalized spacial score (nSPS) is 11.2. The summed E-state index contributed by atoms with van der Waals surface area (Å²) in [6.45, 7) is 0. The van der Waals surface area contributed by atoms with E-state index in [1.807, 2.05) is 0 Å². The highest BCUT2D eigenvalue weighted by atomic mass is 35.5. The first-order chi connectivity index (χ1) is 12.7. The molecule has 142 valence electrons. The number of nitrogens with one attached hydrogen (secondary N) is 3. The van der Waals surface area contributed by atoms with E-state index in [0.29, 0.717) is 27.7 Å². The van der Waals surface area contributed by atoms with E-state index in [1.165, 1.54) is 18.4 Å². The molecule has 0 saturated heterocycles. The number of hydrogen-bond acceptors (Lipinski definition) is 6. The number of fused-ring (bicyclic) bond motifs is 1. The Morgan fingerprint density at radius 2 is 1.96 bits per heavy atom. The second-order valence-electron chi connectivity index (χ2n) is 5.50. The van der Waals surface area contributed by atoms with Gasteiger partial charge in [-0.3, -0.25) is 4.72 Å². The van der Waals surface area contributed by atoms with Crippen LogP contribution in [0.15, 0.2) is 36.4 Å². The Kier molecular flexibility index (Phi) is 5.40. The number of carbonyl (C=O) groups is 1. The second kappa shape index (κ2) is 7.59. The Morgan fingerprint density at radius 1 is 1.19 bits per heavy atom. The summed E-state index contributed by atoms with van der Waals surface area (Å²) in [5.74, 6) is 0.476. The quantitative estimate of drug-likeness (QED) is 0.571. The number of anilines is 3. The van der Waals surface area contributed by atoms with Crippen molar-refractivity contribution in [1.82, 2.24) is 4.98 Å². The highest BCUT2D eigenvalue weighted by molar-refractivity contribution is 7.92. The molecule has 11 heteroatoms. The number of amides is 2. The van der Waals surface area contributed by atoms with Gasteiger partial charge < -0.3 is 15.4 Å². The van der Waals surface area contributed by atoms with E-state index in [-0.39, 0.29) is 5.13 Å². The minimum Gasteiger partial charge on any atom is -0.495 e.